The van der Waals surface area contributed by atoms with Crippen molar-refractivity contribution in [2.45, 2.75) is 20.1 Å². The van der Waals surface area contributed by atoms with Crippen LogP contribution in [0.25, 0.3) is 0 Å². The van der Waals surface area contributed by atoms with Crippen molar-refractivity contribution in [2.75, 3.05) is 12.4 Å². The molecule has 0 aliphatic heterocycles. The molecule has 2 aromatic rings. The zero-order valence-corrected chi connectivity index (χ0v) is 10.8. The molecule has 0 radical (unpaired) electrons. The Balaban J connectivity index is 2.06. The Morgan fingerprint density at radius 2 is 1.94 bits per heavy atom. The first-order chi connectivity index (χ1) is 8.79. The Kier molecular flexibility index (Phi) is 4.31. The van der Waals surface area contributed by atoms with Crippen LogP contribution in [0.15, 0.2) is 42.6 Å². The lowest BCUT2D eigenvalue weighted by molar-refractivity contribution is 0.184. The largest absolute Gasteiger partial charge is 0.381 e. The predicted octanol–water partition coefficient (Wildman–Crippen LogP) is 3.15. The van der Waals surface area contributed by atoms with Gasteiger partial charge >= 0.3 is 0 Å². The van der Waals surface area contributed by atoms with Gasteiger partial charge in [0.1, 0.15) is 0 Å². The molecule has 0 aliphatic carbocycles. The lowest BCUT2D eigenvalue weighted by Gasteiger charge is -2.11. The molecular weight excluding hydrogens is 224 g/mol. The van der Waals surface area contributed by atoms with Gasteiger partial charge in [0, 0.05) is 31.2 Å². The lowest BCUT2D eigenvalue weighted by atomic mass is 10.1. The van der Waals surface area contributed by atoms with Crippen molar-refractivity contribution in [3.63, 3.8) is 0 Å². The molecule has 0 unspecified atom stereocenters. The minimum absolute atomic E-state index is 0.646. The predicted molar refractivity (Wildman–Crippen MR) is 73.5 cm³/mol. The number of aromatic nitrogens is 1. The molecule has 0 saturated heterocycles. The van der Waals surface area contributed by atoms with Gasteiger partial charge < -0.3 is 10.1 Å². The van der Waals surface area contributed by atoms with E-state index >= 15 is 0 Å². The smallest absolute Gasteiger partial charge is 0.0716 e. The Hall–Kier alpha value is -1.87. The molecule has 0 aliphatic rings. The van der Waals surface area contributed by atoms with Crippen LogP contribution in [0.1, 0.15) is 16.8 Å². The van der Waals surface area contributed by atoms with Gasteiger partial charge in [-0.05, 0) is 30.2 Å². The zero-order valence-electron chi connectivity index (χ0n) is 10.8. The number of methoxy groups -OCH3 is 1. The second-order valence-corrected chi connectivity index (χ2v) is 4.24. The molecule has 1 N–H and O–H groups in total. The quantitative estimate of drug-likeness (QED) is 0.874. The van der Waals surface area contributed by atoms with Gasteiger partial charge in [-0.25, -0.2) is 0 Å². The molecule has 0 saturated carbocycles. The van der Waals surface area contributed by atoms with E-state index in [1.807, 2.05) is 37.4 Å². The number of nitrogens with zero attached hydrogens (tertiary/aromatic N) is 1. The van der Waals surface area contributed by atoms with E-state index in [0.717, 1.165) is 17.9 Å². The van der Waals surface area contributed by atoms with Crippen molar-refractivity contribution in [1.29, 1.82) is 0 Å². The Morgan fingerprint density at radius 1 is 1.17 bits per heavy atom. The monoisotopic (exact) mass is 242 g/mol. The number of anilines is 1. The van der Waals surface area contributed by atoms with Crippen molar-refractivity contribution in [2.24, 2.45) is 0 Å². The van der Waals surface area contributed by atoms with Crippen LogP contribution in [0, 0.1) is 6.92 Å². The van der Waals surface area contributed by atoms with E-state index in [9.17, 15) is 0 Å². The fourth-order valence-electron chi connectivity index (χ4n) is 1.88. The first-order valence-corrected chi connectivity index (χ1v) is 6.02. The Bertz CT molecular complexity index is 511. The van der Waals surface area contributed by atoms with Crippen LogP contribution in [0.3, 0.4) is 0 Å². The molecule has 1 aromatic heterocycles. The maximum Gasteiger partial charge on any atom is 0.0716 e. The van der Waals surface area contributed by atoms with Crippen molar-refractivity contribution in [3.05, 3.63) is 59.4 Å². The third-order valence-corrected chi connectivity index (χ3v) is 2.80. The highest BCUT2D eigenvalue weighted by Crippen LogP contribution is 2.13. The topological polar surface area (TPSA) is 34.1 Å². The van der Waals surface area contributed by atoms with E-state index in [4.69, 9.17) is 4.74 Å². The molecule has 3 heteroatoms. The second kappa shape index (κ2) is 6.17. The summed E-state index contributed by atoms with van der Waals surface area (Å²) in [7, 11) is 1.72. The Labute approximate surface area is 108 Å². The summed E-state index contributed by atoms with van der Waals surface area (Å²) in [6.45, 7) is 3.43. The first-order valence-electron chi connectivity index (χ1n) is 6.02. The molecule has 1 aromatic carbocycles. The molecule has 1 heterocycles. The maximum absolute atomic E-state index is 5.20. The molecule has 2 rings (SSSR count). The summed E-state index contributed by atoms with van der Waals surface area (Å²) >= 11 is 0. The maximum atomic E-state index is 5.20. The molecule has 0 spiro atoms. The summed E-state index contributed by atoms with van der Waals surface area (Å²) in [6, 6.07) is 12.3. The standard InChI is InChI=1S/C15H18N2O/c1-12-9-15(7-8-16-12)17-10-13-5-3-4-6-14(13)11-18-2/h3-9H,10-11H2,1-2H3,(H,16,17). The van der Waals surface area contributed by atoms with E-state index in [0.29, 0.717) is 6.61 Å². The summed E-state index contributed by atoms with van der Waals surface area (Å²) in [4.78, 5) is 4.18. The highest BCUT2D eigenvalue weighted by molar-refractivity contribution is 5.44. The Morgan fingerprint density at radius 3 is 2.67 bits per heavy atom. The van der Waals surface area contributed by atoms with Gasteiger partial charge in [-0.1, -0.05) is 24.3 Å². The van der Waals surface area contributed by atoms with Crippen LogP contribution in [0.4, 0.5) is 5.69 Å². The van der Waals surface area contributed by atoms with Gasteiger partial charge in [-0.3, -0.25) is 4.98 Å². The van der Waals surface area contributed by atoms with Crippen molar-refractivity contribution in [3.8, 4) is 0 Å². The number of nitrogens with one attached hydrogen (secondary N) is 1. The molecule has 0 fully saturated rings. The van der Waals surface area contributed by atoms with E-state index in [-0.39, 0.29) is 0 Å². The van der Waals surface area contributed by atoms with Crippen molar-refractivity contribution < 1.29 is 4.74 Å². The minimum atomic E-state index is 0.646. The lowest BCUT2D eigenvalue weighted by Crippen LogP contribution is -2.03. The van der Waals surface area contributed by atoms with Crippen LogP contribution >= 0.6 is 0 Å². The first kappa shape index (κ1) is 12.6. The van der Waals surface area contributed by atoms with Gasteiger partial charge in [0.15, 0.2) is 0 Å². The third kappa shape index (κ3) is 3.31. The highest BCUT2D eigenvalue weighted by atomic mass is 16.5. The highest BCUT2D eigenvalue weighted by Gasteiger charge is 2.01. The molecule has 0 bridgehead atoms. The fraction of sp³-hybridized carbons (Fsp3) is 0.267. The van der Waals surface area contributed by atoms with E-state index < -0.39 is 0 Å². The van der Waals surface area contributed by atoms with Gasteiger partial charge in [-0.2, -0.15) is 0 Å². The van der Waals surface area contributed by atoms with Gasteiger partial charge in [0.2, 0.25) is 0 Å². The van der Waals surface area contributed by atoms with E-state index in [1.165, 1.54) is 11.1 Å². The summed E-state index contributed by atoms with van der Waals surface area (Å²) < 4.78 is 5.20. The summed E-state index contributed by atoms with van der Waals surface area (Å²) in [5.41, 5.74) is 4.59. The van der Waals surface area contributed by atoms with Crippen molar-refractivity contribution >= 4 is 5.69 Å². The molecular formula is C15H18N2O. The van der Waals surface area contributed by atoms with Gasteiger partial charge in [0.05, 0.1) is 6.61 Å². The molecule has 0 atom stereocenters. The number of hydrogen-bond acceptors (Lipinski definition) is 3. The summed E-state index contributed by atoms with van der Waals surface area (Å²) in [6.07, 6.45) is 1.82. The normalized spacial score (nSPS) is 10.3. The van der Waals surface area contributed by atoms with Crippen LogP contribution < -0.4 is 5.32 Å². The average Bonchev–Trinajstić information content (AvgIpc) is 2.38. The molecule has 94 valence electrons. The number of rotatable bonds is 5. The fourth-order valence-corrected chi connectivity index (χ4v) is 1.88. The van der Waals surface area contributed by atoms with E-state index in [2.05, 4.69) is 22.4 Å². The zero-order chi connectivity index (χ0) is 12.8. The summed E-state index contributed by atoms with van der Waals surface area (Å²) in [5.74, 6) is 0. The van der Waals surface area contributed by atoms with Crippen LogP contribution in [0.5, 0.6) is 0 Å². The summed E-state index contributed by atoms with van der Waals surface area (Å²) in [5, 5.41) is 3.41. The molecule has 18 heavy (non-hydrogen) atoms. The van der Waals surface area contributed by atoms with Gasteiger partial charge in [-0.15, -0.1) is 0 Å². The number of pyridine rings is 1. The minimum Gasteiger partial charge on any atom is -0.381 e. The van der Waals surface area contributed by atoms with Gasteiger partial charge in [0.25, 0.3) is 0 Å². The van der Waals surface area contributed by atoms with Crippen LogP contribution in [-0.4, -0.2) is 12.1 Å². The molecule has 3 nitrogen and oxygen atoms in total. The van der Waals surface area contributed by atoms with Crippen LogP contribution in [-0.2, 0) is 17.9 Å². The third-order valence-electron chi connectivity index (χ3n) is 2.80. The number of benzene rings is 1. The van der Waals surface area contributed by atoms with Crippen LogP contribution in [0.2, 0.25) is 0 Å². The number of aryl methyl sites for hydroxylation is 1. The number of hydrogen-bond donors (Lipinski definition) is 1. The number of ether oxygens (including phenoxy) is 1. The van der Waals surface area contributed by atoms with Crippen molar-refractivity contribution in [1.82, 2.24) is 4.98 Å². The van der Waals surface area contributed by atoms with E-state index in [1.54, 1.807) is 7.11 Å². The SMILES string of the molecule is COCc1ccccc1CNc1ccnc(C)c1. The average molecular weight is 242 g/mol. The molecule has 0 amide bonds. The second-order valence-electron chi connectivity index (χ2n) is 4.24.